The minimum atomic E-state index is -1.21. The number of ketones is 2. The smallest absolute Gasteiger partial charge is 0.410 e. The van der Waals surface area contributed by atoms with Crippen LogP contribution in [0.3, 0.4) is 0 Å². The molecule has 3 atom stereocenters. The van der Waals surface area contributed by atoms with E-state index in [-0.39, 0.29) is 11.7 Å². The highest BCUT2D eigenvalue weighted by Crippen LogP contribution is 2.22. The quantitative estimate of drug-likeness (QED) is 0.708. The number of hydrogen-bond acceptors (Lipinski definition) is 5. The lowest BCUT2D eigenvalue weighted by Crippen LogP contribution is -2.40. The summed E-state index contributed by atoms with van der Waals surface area (Å²) in [5, 5.41) is 2.63. The van der Waals surface area contributed by atoms with Crippen LogP contribution in [0.15, 0.2) is 30.3 Å². The number of rotatable bonds is 7. The fourth-order valence-electron chi connectivity index (χ4n) is 3.32. The second-order valence-corrected chi connectivity index (χ2v) is 8.59. The van der Waals surface area contributed by atoms with E-state index in [4.69, 9.17) is 4.74 Å². The zero-order valence-electron chi connectivity index (χ0n) is 17.7. The predicted octanol–water partition coefficient (Wildman–Crippen LogP) is 2.72. The van der Waals surface area contributed by atoms with Crippen molar-refractivity contribution >= 4 is 23.6 Å². The molecule has 1 heterocycles. The van der Waals surface area contributed by atoms with Crippen LogP contribution < -0.4 is 5.32 Å². The topological polar surface area (TPSA) is 92.8 Å². The van der Waals surface area contributed by atoms with Crippen molar-refractivity contribution in [1.82, 2.24) is 10.2 Å². The standard InChI is InChI=1S/C22H30N2O5/c1-14(18-19(26)17(15(2)25)20(27)23-18)11-12-24(21(28)29-22(3,4)5)13-16-9-7-6-8-10-16/h6-10,14,17-18H,11-13H2,1-5H3,(H,23,27)/t14-,17?,18?/m0/s1. The van der Waals surface area contributed by atoms with Crippen LogP contribution in [-0.4, -0.2) is 46.7 Å². The molecule has 0 aliphatic carbocycles. The van der Waals surface area contributed by atoms with Crippen molar-refractivity contribution in [3.8, 4) is 0 Å². The lowest BCUT2D eigenvalue weighted by atomic mass is 9.91. The first-order valence-corrected chi connectivity index (χ1v) is 9.86. The van der Waals surface area contributed by atoms with E-state index in [0.717, 1.165) is 5.56 Å². The van der Waals surface area contributed by atoms with Gasteiger partial charge in [-0.25, -0.2) is 4.79 Å². The van der Waals surface area contributed by atoms with Gasteiger partial charge in [-0.15, -0.1) is 0 Å². The van der Waals surface area contributed by atoms with Gasteiger partial charge in [-0.3, -0.25) is 14.4 Å². The molecule has 1 saturated heterocycles. The summed E-state index contributed by atoms with van der Waals surface area (Å²) in [6.07, 6.45) is 0.0462. The highest BCUT2D eigenvalue weighted by atomic mass is 16.6. The molecule has 1 aromatic rings. The maximum Gasteiger partial charge on any atom is 0.410 e. The molecular weight excluding hydrogens is 372 g/mol. The van der Waals surface area contributed by atoms with Crippen LogP contribution in [-0.2, 0) is 25.7 Å². The lowest BCUT2D eigenvalue weighted by molar-refractivity contribution is -0.135. The molecule has 1 fully saturated rings. The van der Waals surface area contributed by atoms with E-state index in [2.05, 4.69) is 5.32 Å². The monoisotopic (exact) mass is 402 g/mol. The Bertz CT molecular complexity index is 769. The summed E-state index contributed by atoms with van der Waals surface area (Å²) in [7, 11) is 0. The van der Waals surface area contributed by atoms with Crippen molar-refractivity contribution < 1.29 is 23.9 Å². The molecule has 1 aromatic carbocycles. The first-order valence-electron chi connectivity index (χ1n) is 9.86. The van der Waals surface area contributed by atoms with Crippen molar-refractivity contribution in [2.24, 2.45) is 11.8 Å². The van der Waals surface area contributed by atoms with Crippen molar-refractivity contribution in [2.45, 2.75) is 59.2 Å². The molecule has 0 bridgehead atoms. The molecule has 29 heavy (non-hydrogen) atoms. The number of Topliss-reactive ketones (excluding diaryl/α,β-unsaturated/α-hetero) is 2. The molecule has 7 heteroatoms. The highest BCUT2D eigenvalue weighted by Gasteiger charge is 2.45. The summed E-state index contributed by atoms with van der Waals surface area (Å²) in [5.41, 5.74) is 0.342. The number of amides is 2. The molecule has 2 unspecified atom stereocenters. The number of ether oxygens (including phenoxy) is 1. The van der Waals surface area contributed by atoms with Crippen LogP contribution in [0, 0.1) is 11.8 Å². The Morgan fingerprint density at radius 2 is 1.79 bits per heavy atom. The van der Waals surface area contributed by atoms with E-state index < -0.39 is 35.3 Å². The van der Waals surface area contributed by atoms with E-state index in [9.17, 15) is 19.2 Å². The number of benzene rings is 1. The van der Waals surface area contributed by atoms with Gasteiger partial charge in [-0.2, -0.15) is 0 Å². The third-order valence-electron chi connectivity index (χ3n) is 4.85. The summed E-state index contributed by atoms with van der Waals surface area (Å²) >= 11 is 0. The van der Waals surface area contributed by atoms with Gasteiger partial charge in [0.1, 0.15) is 11.4 Å². The summed E-state index contributed by atoms with van der Waals surface area (Å²) in [5.74, 6) is -2.80. The molecule has 0 spiro atoms. The van der Waals surface area contributed by atoms with Crippen molar-refractivity contribution in [3.63, 3.8) is 0 Å². The van der Waals surface area contributed by atoms with Crippen LogP contribution in [0.1, 0.15) is 46.6 Å². The fraction of sp³-hybridized carbons (Fsp3) is 0.545. The van der Waals surface area contributed by atoms with Gasteiger partial charge in [0.15, 0.2) is 11.7 Å². The van der Waals surface area contributed by atoms with Gasteiger partial charge < -0.3 is 15.0 Å². The summed E-state index contributed by atoms with van der Waals surface area (Å²) in [6, 6.07) is 8.86. The highest BCUT2D eigenvalue weighted by molar-refractivity contribution is 6.23. The van der Waals surface area contributed by atoms with Crippen molar-refractivity contribution in [3.05, 3.63) is 35.9 Å². The fourth-order valence-corrected chi connectivity index (χ4v) is 3.32. The number of carbonyl (C=O) groups is 4. The maximum absolute atomic E-state index is 12.7. The number of hydrogen-bond donors (Lipinski definition) is 1. The molecule has 7 nitrogen and oxygen atoms in total. The average molecular weight is 402 g/mol. The third-order valence-corrected chi connectivity index (χ3v) is 4.85. The Morgan fingerprint density at radius 1 is 1.17 bits per heavy atom. The first kappa shape index (κ1) is 22.6. The molecule has 0 saturated carbocycles. The molecular formula is C22H30N2O5. The SMILES string of the molecule is CC(=O)C1C(=O)NC([C@@H](C)CCN(Cc2ccccc2)C(=O)OC(C)(C)C)C1=O. The lowest BCUT2D eigenvalue weighted by Gasteiger charge is -2.29. The minimum Gasteiger partial charge on any atom is -0.444 e. The Labute approximate surface area is 171 Å². The third kappa shape index (κ3) is 6.14. The Kier molecular flexibility index (Phi) is 7.16. The van der Waals surface area contributed by atoms with E-state index in [0.29, 0.717) is 19.5 Å². The molecule has 158 valence electrons. The van der Waals surface area contributed by atoms with Crippen LogP contribution in [0.2, 0.25) is 0 Å². The number of nitrogens with one attached hydrogen (secondary N) is 1. The molecule has 0 aromatic heterocycles. The molecule has 1 aliphatic rings. The maximum atomic E-state index is 12.7. The van der Waals surface area contributed by atoms with Gasteiger partial charge in [0.2, 0.25) is 5.91 Å². The summed E-state index contributed by atoms with van der Waals surface area (Å²) in [6.45, 7) is 9.24. The largest absolute Gasteiger partial charge is 0.444 e. The van der Waals surface area contributed by atoms with Crippen LogP contribution in [0.4, 0.5) is 4.79 Å². The summed E-state index contributed by atoms with van der Waals surface area (Å²) in [4.78, 5) is 50.2. The Balaban J connectivity index is 2.06. The normalized spacial score (nSPS) is 20.2. The van der Waals surface area contributed by atoms with E-state index in [1.165, 1.54) is 6.92 Å². The van der Waals surface area contributed by atoms with Crippen LogP contribution in [0.25, 0.3) is 0 Å². The van der Waals surface area contributed by atoms with Crippen molar-refractivity contribution in [2.75, 3.05) is 6.54 Å². The average Bonchev–Trinajstić information content (AvgIpc) is 2.92. The summed E-state index contributed by atoms with van der Waals surface area (Å²) < 4.78 is 5.52. The molecule has 2 rings (SSSR count). The zero-order valence-corrected chi connectivity index (χ0v) is 17.7. The Morgan fingerprint density at radius 3 is 2.31 bits per heavy atom. The minimum absolute atomic E-state index is 0.225. The first-order chi connectivity index (χ1) is 13.5. The van der Waals surface area contributed by atoms with Gasteiger partial charge in [0.25, 0.3) is 0 Å². The van der Waals surface area contributed by atoms with Crippen LogP contribution in [0.5, 0.6) is 0 Å². The van der Waals surface area contributed by atoms with E-state index in [1.54, 1.807) is 4.90 Å². The second-order valence-electron chi connectivity index (χ2n) is 8.59. The second kappa shape index (κ2) is 9.20. The Hall–Kier alpha value is -2.70. The van der Waals surface area contributed by atoms with Gasteiger partial charge in [0, 0.05) is 13.1 Å². The van der Waals surface area contributed by atoms with Gasteiger partial charge in [0.05, 0.1) is 6.04 Å². The number of nitrogens with zero attached hydrogens (tertiary/aromatic N) is 1. The molecule has 0 radical (unpaired) electrons. The van der Waals surface area contributed by atoms with Gasteiger partial charge in [-0.05, 0) is 45.6 Å². The van der Waals surface area contributed by atoms with Gasteiger partial charge in [-0.1, -0.05) is 37.3 Å². The van der Waals surface area contributed by atoms with E-state index >= 15 is 0 Å². The van der Waals surface area contributed by atoms with Gasteiger partial charge >= 0.3 is 6.09 Å². The molecule has 2 amide bonds. The molecule has 1 N–H and O–H groups in total. The zero-order chi connectivity index (χ0) is 21.8. The van der Waals surface area contributed by atoms with E-state index in [1.807, 2.05) is 58.0 Å². The van der Waals surface area contributed by atoms with Crippen LogP contribution >= 0.6 is 0 Å². The van der Waals surface area contributed by atoms with Crippen molar-refractivity contribution in [1.29, 1.82) is 0 Å². The number of carbonyl (C=O) groups excluding carboxylic acids is 4. The predicted molar refractivity (Wildman–Crippen MR) is 108 cm³/mol. The molecule has 1 aliphatic heterocycles.